The highest BCUT2D eigenvalue weighted by molar-refractivity contribution is 7.98. The molecule has 0 atom stereocenters. The Morgan fingerprint density at radius 2 is 1.93 bits per heavy atom. The maximum atomic E-state index is 12.6. The van der Waals surface area contributed by atoms with Gasteiger partial charge >= 0.3 is 0 Å². The van der Waals surface area contributed by atoms with Crippen LogP contribution in [0.1, 0.15) is 26.4 Å². The first-order chi connectivity index (χ1) is 14.6. The van der Waals surface area contributed by atoms with Gasteiger partial charge < -0.3 is 10.2 Å². The number of benzene rings is 2. The van der Waals surface area contributed by atoms with Crippen molar-refractivity contribution in [1.82, 2.24) is 4.90 Å². The third kappa shape index (κ3) is 4.83. The summed E-state index contributed by atoms with van der Waals surface area (Å²) in [6.45, 7) is 1.28. The van der Waals surface area contributed by atoms with E-state index in [1.165, 1.54) is 21.8 Å². The van der Waals surface area contributed by atoms with Gasteiger partial charge in [0.15, 0.2) is 0 Å². The highest BCUT2D eigenvalue weighted by atomic mass is 32.2. The number of nitrogens with one attached hydrogen (secondary N) is 1. The average molecular weight is 435 g/mol. The Labute approximate surface area is 184 Å². The normalized spacial score (nSPS) is 13.3. The van der Waals surface area contributed by atoms with Gasteiger partial charge in [0, 0.05) is 29.7 Å². The SMILES string of the molecule is CSc1ccc(/C=C/C(=O)Nc2ccc3c(c2)CN(C(=O)c2cccs2)CC3)cc1. The second kappa shape index (κ2) is 9.32. The highest BCUT2D eigenvalue weighted by Crippen LogP contribution is 2.25. The van der Waals surface area contributed by atoms with Crippen LogP contribution < -0.4 is 5.32 Å². The van der Waals surface area contributed by atoms with Crippen LogP contribution in [0.2, 0.25) is 0 Å². The fourth-order valence-corrected chi connectivity index (χ4v) is 4.53. The number of anilines is 1. The van der Waals surface area contributed by atoms with E-state index in [4.69, 9.17) is 0 Å². The summed E-state index contributed by atoms with van der Waals surface area (Å²) in [7, 11) is 0. The van der Waals surface area contributed by atoms with Crippen LogP contribution in [0.25, 0.3) is 6.08 Å². The lowest BCUT2D eigenvalue weighted by Crippen LogP contribution is -2.35. The van der Waals surface area contributed by atoms with E-state index in [1.54, 1.807) is 23.9 Å². The number of fused-ring (bicyclic) bond motifs is 1. The third-order valence-corrected chi connectivity index (χ3v) is 6.65. The molecule has 3 aromatic rings. The molecule has 1 N–H and O–H groups in total. The molecule has 0 fully saturated rings. The summed E-state index contributed by atoms with van der Waals surface area (Å²) in [6, 6.07) is 17.8. The number of carbonyl (C=O) groups excluding carboxylic acids is 2. The van der Waals surface area contributed by atoms with Crippen molar-refractivity contribution in [3.63, 3.8) is 0 Å². The van der Waals surface area contributed by atoms with Gasteiger partial charge in [-0.05, 0) is 71.2 Å². The van der Waals surface area contributed by atoms with E-state index in [0.717, 1.165) is 28.1 Å². The molecule has 0 radical (unpaired) electrons. The number of rotatable bonds is 5. The largest absolute Gasteiger partial charge is 0.333 e. The first kappa shape index (κ1) is 20.4. The van der Waals surface area contributed by atoms with E-state index in [1.807, 2.05) is 71.1 Å². The number of nitrogens with zero attached hydrogens (tertiary/aromatic N) is 1. The van der Waals surface area contributed by atoms with E-state index in [9.17, 15) is 9.59 Å². The molecule has 0 aliphatic carbocycles. The summed E-state index contributed by atoms with van der Waals surface area (Å²) in [5.41, 5.74) is 4.04. The molecule has 0 saturated heterocycles. The molecular weight excluding hydrogens is 412 g/mol. The zero-order valence-electron chi connectivity index (χ0n) is 16.6. The number of hydrogen-bond acceptors (Lipinski definition) is 4. The molecule has 1 aliphatic heterocycles. The van der Waals surface area contributed by atoms with Gasteiger partial charge in [0.1, 0.15) is 0 Å². The van der Waals surface area contributed by atoms with Crippen molar-refractivity contribution >= 4 is 46.7 Å². The zero-order chi connectivity index (χ0) is 20.9. The van der Waals surface area contributed by atoms with E-state index in [-0.39, 0.29) is 11.8 Å². The number of thioether (sulfide) groups is 1. The van der Waals surface area contributed by atoms with E-state index >= 15 is 0 Å². The standard InChI is InChI=1S/C24H22N2O2S2/c1-29-21-9-4-17(5-10-21)6-11-23(27)25-20-8-7-18-12-13-26(16-19(18)15-20)24(28)22-3-2-14-30-22/h2-11,14-15H,12-13,16H2,1H3,(H,25,27)/b11-6+. The van der Waals surface area contributed by atoms with Crippen molar-refractivity contribution in [1.29, 1.82) is 0 Å². The Bertz CT molecular complexity index is 1070. The molecular formula is C24H22N2O2S2. The fraction of sp³-hybridized carbons (Fsp3) is 0.167. The maximum Gasteiger partial charge on any atom is 0.264 e. The Kier molecular flexibility index (Phi) is 6.35. The molecule has 2 aromatic carbocycles. The van der Waals surface area contributed by atoms with Crippen molar-refractivity contribution < 1.29 is 9.59 Å². The molecule has 1 aromatic heterocycles. The van der Waals surface area contributed by atoms with Gasteiger partial charge in [0.05, 0.1) is 4.88 Å². The van der Waals surface area contributed by atoms with Gasteiger partial charge in [0.2, 0.25) is 5.91 Å². The Morgan fingerprint density at radius 3 is 2.67 bits per heavy atom. The first-order valence-electron chi connectivity index (χ1n) is 9.70. The highest BCUT2D eigenvalue weighted by Gasteiger charge is 2.22. The Morgan fingerprint density at radius 1 is 1.10 bits per heavy atom. The number of thiophene rings is 1. The summed E-state index contributed by atoms with van der Waals surface area (Å²) in [4.78, 5) is 28.8. The van der Waals surface area contributed by atoms with Crippen molar-refractivity contribution in [2.75, 3.05) is 18.1 Å². The van der Waals surface area contributed by atoms with Crippen LogP contribution >= 0.6 is 23.1 Å². The molecule has 30 heavy (non-hydrogen) atoms. The number of amides is 2. The minimum absolute atomic E-state index is 0.0699. The van der Waals surface area contributed by atoms with E-state index in [0.29, 0.717) is 13.1 Å². The van der Waals surface area contributed by atoms with Crippen molar-refractivity contribution in [3.05, 3.63) is 87.6 Å². The maximum absolute atomic E-state index is 12.6. The van der Waals surface area contributed by atoms with Gasteiger partial charge in [-0.15, -0.1) is 23.1 Å². The lowest BCUT2D eigenvalue weighted by Gasteiger charge is -2.29. The van der Waals surface area contributed by atoms with E-state index < -0.39 is 0 Å². The number of carbonyl (C=O) groups is 2. The fourth-order valence-electron chi connectivity index (χ4n) is 3.44. The van der Waals surface area contributed by atoms with Crippen LogP contribution in [0.3, 0.4) is 0 Å². The molecule has 0 spiro atoms. The summed E-state index contributed by atoms with van der Waals surface area (Å²) >= 11 is 3.15. The topological polar surface area (TPSA) is 49.4 Å². The summed E-state index contributed by atoms with van der Waals surface area (Å²) in [5.74, 6) is -0.105. The second-order valence-electron chi connectivity index (χ2n) is 7.03. The monoisotopic (exact) mass is 434 g/mol. The van der Waals surface area contributed by atoms with Crippen LogP contribution in [0.15, 0.2) is 70.9 Å². The number of hydrogen-bond donors (Lipinski definition) is 1. The smallest absolute Gasteiger partial charge is 0.264 e. The van der Waals surface area contributed by atoms with E-state index in [2.05, 4.69) is 5.32 Å². The van der Waals surface area contributed by atoms with Gasteiger partial charge in [-0.3, -0.25) is 9.59 Å². The zero-order valence-corrected chi connectivity index (χ0v) is 18.3. The quantitative estimate of drug-likeness (QED) is 0.437. The summed E-state index contributed by atoms with van der Waals surface area (Å²) in [5, 5.41) is 4.85. The molecule has 4 rings (SSSR count). The minimum Gasteiger partial charge on any atom is -0.333 e. The van der Waals surface area contributed by atoms with Gasteiger partial charge in [-0.1, -0.05) is 24.3 Å². The predicted molar refractivity (Wildman–Crippen MR) is 125 cm³/mol. The molecule has 2 heterocycles. The van der Waals surface area contributed by atoms with Gasteiger partial charge in [-0.2, -0.15) is 0 Å². The van der Waals surface area contributed by atoms with Gasteiger partial charge in [0.25, 0.3) is 5.91 Å². The van der Waals surface area contributed by atoms with Crippen LogP contribution in [0.4, 0.5) is 5.69 Å². The van der Waals surface area contributed by atoms with Crippen molar-refractivity contribution in [3.8, 4) is 0 Å². The molecule has 0 unspecified atom stereocenters. The molecule has 0 saturated carbocycles. The Balaban J connectivity index is 1.41. The molecule has 1 aliphatic rings. The summed E-state index contributed by atoms with van der Waals surface area (Å²) in [6.07, 6.45) is 6.21. The Hall–Kier alpha value is -2.83. The van der Waals surface area contributed by atoms with Crippen LogP contribution in [0.5, 0.6) is 0 Å². The lowest BCUT2D eigenvalue weighted by atomic mass is 9.99. The predicted octanol–water partition coefficient (Wildman–Crippen LogP) is 5.32. The second-order valence-corrected chi connectivity index (χ2v) is 8.86. The first-order valence-corrected chi connectivity index (χ1v) is 11.8. The molecule has 6 heteroatoms. The molecule has 152 valence electrons. The minimum atomic E-state index is -0.175. The van der Waals surface area contributed by atoms with Crippen LogP contribution in [0, 0.1) is 0 Å². The summed E-state index contributed by atoms with van der Waals surface area (Å²) < 4.78 is 0. The third-order valence-electron chi connectivity index (χ3n) is 5.05. The average Bonchev–Trinajstić information content (AvgIpc) is 3.32. The molecule has 0 bridgehead atoms. The molecule has 2 amide bonds. The molecule has 4 nitrogen and oxygen atoms in total. The van der Waals surface area contributed by atoms with Gasteiger partial charge in [-0.25, -0.2) is 0 Å². The van der Waals surface area contributed by atoms with Crippen LogP contribution in [-0.4, -0.2) is 29.5 Å². The van der Waals surface area contributed by atoms with Crippen LogP contribution in [-0.2, 0) is 17.8 Å². The van der Waals surface area contributed by atoms with Crippen molar-refractivity contribution in [2.24, 2.45) is 0 Å². The lowest BCUT2D eigenvalue weighted by molar-refractivity contribution is -0.111. The van der Waals surface area contributed by atoms with Crippen molar-refractivity contribution in [2.45, 2.75) is 17.9 Å².